The summed E-state index contributed by atoms with van der Waals surface area (Å²) in [6.07, 6.45) is 3.52. The Morgan fingerprint density at radius 2 is 1.96 bits per heavy atom. The predicted molar refractivity (Wildman–Crippen MR) is 101 cm³/mol. The summed E-state index contributed by atoms with van der Waals surface area (Å²) >= 11 is 0. The second-order valence-corrected chi connectivity index (χ2v) is 5.79. The Bertz CT molecular complexity index is 1160. The summed E-state index contributed by atoms with van der Waals surface area (Å²) in [6, 6.07) is 15.2. The van der Waals surface area contributed by atoms with Gasteiger partial charge < -0.3 is 14.5 Å². The van der Waals surface area contributed by atoms with Crippen LogP contribution in [0.1, 0.15) is 10.4 Å². The van der Waals surface area contributed by atoms with Crippen LogP contribution in [0.15, 0.2) is 76.2 Å². The van der Waals surface area contributed by atoms with Crippen molar-refractivity contribution in [2.75, 3.05) is 12.4 Å². The first-order valence-corrected chi connectivity index (χ1v) is 8.17. The first-order valence-electron chi connectivity index (χ1n) is 8.17. The van der Waals surface area contributed by atoms with Crippen molar-refractivity contribution in [3.05, 3.63) is 83.0 Å². The lowest BCUT2D eigenvalue weighted by atomic mass is 10.1. The molecule has 4 rings (SSSR count). The van der Waals surface area contributed by atoms with Crippen LogP contribution in [0.25, 0.3) is 16.7 Å². The number of ether oxygens (including phenoxy) is 1. The average molecular weight is 361 g/mol. The monoisotopic (exact) mass is 361 g/mol. The van der Waals surface area contributed by atoms with Crippen LogP contribution < -0.4 is 15.7 Å². The van der Waals surface area contributed by atoms with Crippen molar-refractivity contribution in [3.63, 3.8) is 0 Å². The third kappa shape index (κ3) is 3.30. The maximum atomic E-state index is 12.7. The molecule has 0 saturated heterocycles. The highest BCUT2D eigenvalue weighted by molar-refractivity contribution is 6.12. The van der Waals surface area contributed by atoms with Crippen LogP contribution in [0, 0.1) is 0 Å². The zero-order chi connectivity index (χ0) is 18.8. The number of carbonyl (C=O) groups is 1. The molecule has 0 bridgehead atoms. The molecule has 2 heterocycles. The molecule has 1 amide bonds. The lowest BCUT2D eigenvalue weighted by molar-refractivity contribution is 0.102. The molecule has 0 spiro atoms. The van der Waals surface area contributed by atoms with E-state index in [-0.39, 0.29) is 5.56 Å². The van der Waals surface area contributed by atoms with Gasteiger partial charge in [0.15, 0.2) is 0 Å². The van der Waals surface area contributed by atoms with Crippen LogP contribution in [0.4, 0.5) is 5.69 Å². The fraction of sp³-hybridized carbons (Fsp3) is 0.0500. The molecule has 2 aromatic carbocycles. The molecule has 0 aliphatic rings. The molecule has 0 saturated carbocycles. The van der Waals surface area contributed by atoms with Crippen molar-refractivity contribution in [1.29, 1.82) is 0 Å². The highest BCUT2D eigenvalue weighted by atomic mass is 16.5. The van der Waals surface area contributed by atoms with Crippen molar-refractivity contribution >= 4 is 22.6 Å². The molecule has 1 N–H and O–H groups in total. The summed E-state index contributed by atoms with van der Waals surface area (Å²) in [7, 11) is 1.52. The number of hydrogen-bond donors (Lipinski definition) is 1. The normalized spacial score (nSPS) is 10.7. The van der Waals surface area contributed by atoms with Crippen LogP contribution in [0.5, 0.6) is 5.75 Å². The Morgan fingerprint density at radius 3 is 2.67 bits per heavy atom. The third-order valence-electron chi connectivity index (χ3n) is 4.09. The van der Waals surface area contributed by atoms with Gasteiger partial charge in [-0.1, -0.05) is 0 Å². The second kappa shape index (κ2) is 6.80. The number of fused-ring (bicyclic) bond motifs is 1. The van der Waals surface area contributed by atoms with E-state index in [1.807, 2.05) is 24.4 Å². The second-order valence-electron chi connectivity index (χ2n) is 5.79. The van der Waals surface area contributed by atoms with E-state index < -0.39 is 11.5 Å². The van der Waals surface area contributed by atoms with Gasteiger partial charge in [0.05, 0.1) is 18.4 Å². The van der Waals surface area contributed by atoms with Crippen LogP contribution in [0.2, 0.25) is 0 Å². The van der Waals surface area contributed by atoms with E-state index >= 15 is 0 Å². The minimum atomic E-state index is -0.602. The summed E-state index contributed by atoms with van der Waals surface area (Å²) in [5.74, 6) is 0.141. The molecule has 7 nitrogen and oxygen atoms in total. The summed E-state index contributed by atoms with van der Waals surface area (Å²) in [5.41, 5.74) is 1.40. The first kappa shape index (κ1) is 16.6. The molecule has 7 heteroatoms. The Labute approximate surface area is 153 Å². The summed E-state index contributed by atoms with van der Waals surface area (Å²) in [4.78, 5) is 24.5. The zero-order valence-electron chi connectivity index (χ0n) is 14.4. The van der Waals surface area contributed by atoms with Gasteiger partial charge in [0.1, 0.15) is 11.3 Å². The van der Waals surface area contributed by atoms with Gasteiger partial charge in [-0.3, -0.25) is 4.79 Å². The van der Waals surface area contributed by atoms with E-state index in [4.69, 9.17) is 9.15 Å². The van der Waals surface area contributed by atoms with Gasteiger partial charge in [-0.2, -0.15) is 5.10 Å². The lowest BCUT2D eigenvalue weighted by Crippen LogP contribution is -2.15. The number of anilines is 1. The lowest BCUT2D eigenvalue weighted by Gasteiger charge is -2.09. The molecule has 134 valence electrons. The number of nitrogens with zero attached hydrogens (tertiary/aromatic N) is 2. The molecule has 0 fully saturated rings. The topological polar surface area (TPSA) is 86.4 Å². The number of carbonyl (C=O) groups excluding carboxylic acids is 1. The SMILES string of the molecule is COc1ccc2c(C(=O)Nc3ccc(-n4cccn4)cc3)cc(=O)oc2c1. The maximum absolute atomic E-state index is 12.7. The Morgan fingerprint density at radius 1 is 1.15 bits per heavy atom. The van der Waals surface area contributed by atoms with Crippen molar-refractivity contribution in [2.24, 2.45) is 0 Å². The molecular formula is C20H15N3O4. The smallest absolute Gasteiger partial charge is 0.337 e. The van der Waals surface area contributed by atoms with Crippen molar-refractivity contribution in [2.45, 2.75) is 0 Å². The Balaban J connectivity index is 1.64. The molecule has 0 atom stereocenters. The van der Waals surface area contributed by atoms with E-state index in [0.29, 0.717) is 22.4 Å². The van der Waals surface area contributed by atoms with Crippen molar-refractivity contribution in [3.8, 4) is 11.4 Å². The minimum absolute atomic E-state index is 0.236. The number of methoxy groups -OCH3 is 1. The van der Waals surface area contributed by atoms with E-state index in [1.165, 1.54) is 13.2 Å². The van der Waals surface area contributed by atoms with Crippen LogP contribution in [0.3, 0.4) is 0 Å². The van der Waals surface area contributed by atoms with Crippen molar-refractivity contribution in [1.82, 2.24) is 9.78 Å². The Kier molecular flexibility index (Phi) is 4.18. The molecule has 27 heavy (non-hydrogen) atoms. The number of nitrogens with one attached hydrogen (secondary N) is 1. The van der Waals surface area contributed by atoms with Gasteiger partial charge in [0.25, 0.3) is 5.91 Å². The predicted octanol–water partition coefficient (Wildman–Crippen LogP) is 3.24. The number of amides is 1. The molecule has 2 aromatic heterocycles. The van der Waals surface area contributed by atoms with E-state index in [9.17, 15) is 9.59 Å². The van der Waals surface area contributed by atoms with Gasteiger partial charge in [-0.15, -0.1) is 0 Å². The number of rotatable bonds is 4. The molecule has 0 unspecified atom stereocenters. The van der Waals surface area contributed by atoms with Gasteiger partial charge in [0.2, 0.25) is 0 Å². The minimum Gasteiger partial charge on any atom is -0.497 e. The van der Waals surface area contributed by atoms with E-state index in [0.717, 1.165) is 5.69 Å². The molecule has 0 aliphatic heterocycles. The summed E-state index contributed by atoms with van der Waals surface area (Å²) < 4.78 is 12.0. The van der Waals surface area contributed by atoms with E-state index in [1.54, 1.807) is 41.2 Å². The van der Waals surface area contributed by atoms with Gasteiger partial charge >= 0.3 is 5.63 Å². The van der Waals surface area contributed by atoms with Gasteiger partial charge in [-0.05, 0) is 42.5 Å². The highest BCUT2D eigenvalue weighted by Gasteiger charge is 2.14. The maximum Gasteiger partial charge on any atom is 0.337 e. The van der Waals surface area contributed by atoms with E-state index in [2.05, 4.69) is 10.4 Å². The fourth-order valence-electron chi connectivity index (χ4n) is 2.78. The van der Waals surface area contributed by atoms with Crippen LogP contribution >= 0.6 is 0 Å². The van der Waals surface area contributed by atoms with Crippen molar-refractivity contribution < 1.29 is 13.9 Å². The molecule has 4 aromatic rings. The zero-order valence-corrected chi connectivity index (χ0v) is 14.4. The summed E-state index contributed by atoms with van der Waals surface area (Å²) in [6.45, 7) is 0. The Hall–Kier alpha value is -3.87. The largest absolute Gasteiger partial charge is 0.497 e. The number of benzene rings is 2. The third-order valence-corrected chi connectivity index (χ3v) is 4.09. The average Bonchev–Trinajstić information content (AvgIpc) is 3.22. The van der Waals surface area contributed by atoms with Crippen LogP contribution in [-0.4, -0.2) is 22.8 Å². The highest BCUT2D eigenvalue weighted by Crippen LogP contribution is 2.23. The van der Waals surface area contributed by atoms with Gasteiger partial charge in [-0.25, -0.2) is 9.48 Å². The number of hydrogen-bond acceptors (Lipinski definition) is 5. The molecule has 0 aliphatic carbocycles. The standard InChI is InChI=1S/C20H15N3O4/c1-26-15-7-8-16-17(12-19(24)27-18(16)11-15)20(25)22-13-3-5-14(6-4-13)23-10-2-9-21-23/h2-12H,1H3,(H,22,25). The quantitative estimate of drug-likeness (QED) is 0.564. The fourth-order valence-corrected chi connectivity index (χ4v) is 2.78. The van der Waals surface area contributed by atoms with Gasteiger partial charge in [0, 0.05) is 35.6 Å². The number of aromatic nitrogens is 2. The molecular weight excluding hydrogens is 346 g/mol. The van der Waals surface area contributed by atoms with Crippen LogP contribution in [-0.2, 0) is 0 Å². The summed E-state index contributed by atoms with van der Waals surface area (Å²) in [5, 5.41) is 7.48. The molecule has 0 radical (unpaired) electrons. The first-order chi connectivity index (χ1) is 13.1.